The first-order chi connectivity index (χ1) is 15.4. The Balaban J connectivity index is 1.32. The fraction of sp³-hybridized carbons (Fsp3) is 0.391. The summed E-state index contributed by atoms with van der Waals surface area (Å²) >= 11 is 0. The van der Waals surface area contributed by atoms with Gasteiger partial charge in [-0.3, -0.25) is 9.59 Å². The SMILES string of the molecule is O=C1CN(S(=O)(=O)c2ccc(C(=O)N3CCC(COc4ccccc4)CC3)cc2)CCN1. The van der Waals surface area contributed by atoms with Crippen LogP contribution < -0.4 is 10.1 Å². The molecule has 2 aliphatic rings. The number of piperazine rings is 1. The Hall–Kier alpha value is -2.91. The van der Waals surface area contributed by atoms with Crippen LogP contribution in [0.2, 0.25) is 0 Å². The number of benzene rings is 2. The Morgan fingerprint density at radius 2 is 1.69 bits per heavy atom. The zero-order chi connectivity index (χ0) is 22.6. The molecule has 1 N–H and O–H groups in total. The Morgan fingerprint density at radius 1 is 1.00 bits per heavy atom. The second kappa shape index (κ2) is 9.70. The zero-order valence-corrected chi connectivity index (χ0v) is 18.6. The van der Waals surface area contributed by atoms with E-state index in [1.54, 1.807) is 17.0 Å². The van der Waals surface area contributed by atoms with Crippen molar-refractivity contribution in [3.8, 4) is 5.75 Å². The Labute approximate surface area is 188 Å². The smallest absolute Gasteiger partial charge is 0.253 e. The van der Waals surface area contributed by atoms with E-state index in [1.165, 1.54) is 12.1 Å². The van der Waals surface area contributed by atoms with Gasteiger partial charge < -0.3 is 15.0 Å². The van der Waals surface area contributed by atoms with Crippen molar-refractivity contribution in [1.29, 1.82) is 0 Å². The fourth-order valence-corrected chi connectivity index (χ4v) is 5.35. The molecule has 2 heterocycles. The number of carbonyl (C=O) groups is 2. The van der Waals surface area contributed by atoms with E-state index in [4.69, 9.17) is 4.74 Å². The third-order valence-electron chi connectivity index (χ3n) is 5.87. The molecule has 170 valence electrons. The van der Waals surface area contributed by atoms with Crippen LogP contribution in [0.1, 0.15) is 23.2 Å². The molecule has 8 nitrogen and oxygen atoms in total. The van der Waals surface area contributed by atoms with Crippen LogP contribution in [0, 0.1) is 5.92 Å². The van der Waals surface area contributed by atoms with Crippen LogP contribution in [0.25, 0.3) is 0 Å². The van der Waals surface area contributed by atoms with Crippen LogP contribution in [0.3, 0.4) is 0 Å². The minimum atomic E-state index is -3.77. The van der Waals surface area contributed by atoms with E-state index >= 15 is 0 Å². The first-order valence-electron chi connectivity index (χ1n) is 10.8. The molecule has 0 bridgehead atoms. The lowest BCUT2D eigenvalue weighted by Crippen LogP contribution is -2.49. The first kappa shape index (κ1) is 22.3. The van der Waals surface area contributed by atoms with Gasteiger partial charge >= 0.3 is 0 Å². The summed E-state index contributed by atoms with van der Waals surface area (Å²) in [4.78, 5) is 26.3. The molecular formula is C23H27N3O5S. The van der Waals surface area contributed by atoms with Gasteiger partial charge in [0.1, 0.15) is 5.75 Å². The van der Waals surface area contributed by atoms with Crippen LogP contribution in [0.5, 0.6) is 5.75 Å². The second-order valence-electron chi connectivity index (χ2n) is 8.07. The minimum Gasteiger partial charge on any atom is -0.493 e. The normalized spacial score (nSPS) is 18.2. The highest BCUT2D eigenvalue weighted by molar-refractivity contribution is 7.89. The fourth-order valence-electron chi connectivity index (χ4n) is 3.95. The number of likely N-dealkylation sites (tertiary alicyclic amines) is 1. The molecule has 0 atom stereocenters. The van der Waals surface area contributed by atoms with Crippen LogP contribution in [0.15, 0.2) is 59.5 Å². The third kappa shape index (κ3) is 5.11. The monoisotopic (exact) mass is 457 g/mol. The third-order valence-corrected chi connectivity index (χ3v) is 7.73. The lowest BCUT2D eigenvalue weighted by molar-refractivity contribution is -0.122. The number of rotatable bonds is 6. The van der Waals surface area contributed by atoms with Gasteiger partial charge in [-0.25, -0.2) is 8.42 Å². The molecule has 2 aromatic rings. The molecule has 32 heavy (non-hydrogen) atoms. The molecule has 2 aliphatic heterocycles. The molecule has 2 saturated heterocycles. The van der Waals surface area contributed by atoms with Crippen molar-refractivity contribution < 1.29 is 22.7 Å². The number of amides is 2. The van der Waals surface area contributed by atoms with E-state index in [0.29, 0.717) is 37.7 Å². The van der Waals surface area contributed by atoms with Crippen molar-refractivity contribution >= 4 is 21.8 Å². The molecule has 0 spiro atoms. The maximum absolute atomic E-state index is 12.9. The van der Waals surface area contributed by atoms with Crippen LogP contribution in [0.4, 0.5) is 0 Å². The van der Waals surface area contributed by atoms with E-state index in [0.717, 1.165) is 22.9 Å². The zero-order valence-electron chi connectivity index (χ0n) is 17.8. The van der Waals surface area contributed by atoms with Gasteiger partial charge in [-0.05, 0) is 55.2 Å². The number of para-hydroxylation sites is 1. The molecule has 0 unspecified atom stereocenters. The first-order valence-corrected chi connectivity index (χ1v) is 12.2. The number of carbonyl (C=O) groups excluding carboxylic acids is 2. The number of sulfonamides is 1. The summed E-state index contributed by atoms with van der Waals surface area (Å²) in [6.07, 6.45) is 1.73. The Bertz CT molecular complexity index is 1050. The molecule has 2 aromatic carbocycles. The average Bonchev–Trinajstić information content (AvgIpc) is 2.83. The lowest BCUT2D eigenvalue weighted by Gasteiger charge is -2.32. The van der Waals surface area contributed by atoms with Gasteiger partial charge in [0.15, 0.2) is 0 Å². The number of hydrogen-bond acceptors (Lipinski definition) is 5. The number of piperidine rings is 1. The molecule has 0 aliphatic carbocycles. The average molecular weight is 458 g/mol. The van der Waals surface area contributed by atoms with Gasteiger partial charge in [-0.2, -0.15) is 4.31 Å². The van der Waals surface area contributed by atoms with Crippen molar-refractivity contribution in [1.82, 2.24) is 14.5 Å². The van der Waals surface area contributed by atoms with E-state index in [9.17, 15) is 18.0 Å². The summed E-state index contributed by atoms with van der Waals surface area (Å²) in [7, 11) is -3.77. The van der Waals surface area contributed by atoms with Crippen LogP contribution >= 0.6 is 0 Å². The van der Waals surface area contributed by atoms with Crippen LogP contribution in [-0.2, 0) is 14.8 Å². The highest BCUT2D eigenvalue weighted by Crippen LogP contribution is 2.22. The molecule has 0 saturated carbocycles. The predicted molar refractivity (Wildman–Crippen MR) is 119 cm³/mol. The van der Waals surface area contributed by atoms with E-state index < -0.39 is 10.0 Å². The molecule has 4 rings (SSSR count). The van der Waals surface area contributed by atoms with Crippen LogP contribution in [-0.4, -0.2) is 68.8 Å². The molecular weight excluding hydrogens is 430 g/mol. The summed E-state index contributed by atoms with van der Waals surface area (Å²) in [5, 5.41) is 2.61. The van der Waals surface area contributed by atoms with Gasteiger partial charge in [-0.1, -0.05) is 18.2 Å². The standard InChI is InChI=1S/C23H27N3O5S/c27-22-16-26(15-12-24-22)32(29,30)21-8-6-19(7-9-21)23(28)25-13-10-18(11-14-25)17-31-20-4-2-1-3-5-20/h1-9,18H,10-17H2,(H,24,27). The van der Waals surface area contributed by atoms with Crippen molar-refractivity contribution in [3.05, 3.63) is 60.2 Å². The van der Waals surface area contributed by atoms with Gasteiger partial charge in [0, 0.05) is 31.7 Å². The molecule has 2 fully saturated rings. The number of hydrogen-bond donors (Lipinski definition) is 1. The summed E-state index contributed by atoms with van der Waals surface area (Å²) in [5.41, 5.74) is 0.458. The summed E-state index contributed by atoms with van der Waals surface area (Å²) in [6, 6.07) is 15.7. The topological polar surface area (TPSA) is 96.0 Å². The molecule has 0 radical (unpaired) electrons. The second-order valence-corrected chi connectivity index (χ2v) is 10.0. The minimum absolute atomic E-state index is 0.0838. The van der Waals surface area contributed by atoms with Crippen molar-refractivity contribution in [3.63, 3.8) is 0 Å². The van der Waals surface area contributed by atoms with Crippen molar-refractivity contribution in [2.45, 2.75) is 17.7 Å². The maximum atomic E-state index is 12.9. The van der Waals surface area contributed by atoms with E-state index in [1.807, 2.05) is 30.3 Å². The summed E-state index contributed by atoms with van der Waals surface area (Å²) in [6.45, 7) is 2.26. The number of nitrogens with zero attached hydrogens (tertiary/aromatic N) is 2. The van der Waals surface area contributed by atoms with Crippen molar-refractivity contribution in [2.75, 3.05) is 39.3 Å². The Kier molecular flexibility index (Phi) is 6.76. The van der Waals surface area contributed by atoms with E-state index in [2.05, 4.69) is 5.32 Å². The van der Waals surface area contributed by atoms with Gasteiger partial charge in [0.05, 0.1) is 18.0 Å². The van der Waals surface area contributed by atoms with Gasteiger partial charge in [0.25, 0.3) is 5.91 Å². The van der Waals surface area contributed by atoms with Crippen molar-refractivity contribution in [2.24, 2.45) is 5.92 Å². The number of ether oxygens (including phenoxy) is 1. The predicted octanol–water partition coefficient (Wildman–Crippen LogP) is 1.74. The summed E-state index contributed by atoms with van der Waals surface area (Å²) < 4.78 is 32.5. The molecule has 0 aromatic heterocycles. The summed E-state index contributed by atoms with van der Waals surface area (Å²) in [5.74, 6) is 0.831. The number of nitrogens with one attached hydrogen (secondary N) is 1. The lowest BCUT2D eigenvalue weighted by atomic mass is 9.97. The largest absolute Gasteiger partial charge is 0.493 e. The Morgan fingerprint density at radius 3 is 2.34 bits per heavy atom. The van der Waals surface area contributed by atoms with Gasteiger partial charge in [-0.15, -0.1) is 0 Å². The van der Waals surface area contributed by atoms with E-state index in [-0.39, 0.29) is 29.8 Å². The highest BCUT2D eigenvalue weighted by Gasteiger charge is 2.30. The quantitative estimate of drug-likeness (QED) is 0.713. The van der Waals surface area contributed by atoms with Gasteiger partial charge in [0.2, 0.25) is 15.9 Å². The molecule has 9 heteroatoms. The highest BCUT2D eigenvalue weighted by atomic mass is 32.2. The maximum Gasteiger partial charge on any atom is 0.253 e. The molecule has 2 amide bonds.